The zero-order valence-corrected chi connectivity index (χ0v) is 9.81. The third-order valence-electron chi connectivity index (χ3n) is 2.88. The van der Waals surface area contributed by atoms with Crippen molar-refractivity contribution in [1.82, 2.24) is 0 Å². The zero-order chi connectivity index (χ0) is 13.8. The maximum Gasteiger partial charge on any atom is 0.269 e. The minimum atomic E-state index is 0.0238. The van der Waals surface area contributed by atoms with Gasteiger partial charge in [0.05, 0.1) is 25.3 Å². The number of nitriles is 2. The van der Waals surface area contributed by atoms with Gasteiger partial charge in [0.1, 0.15) is 0 Å². The van der Waals surface area contributed by atoms with Gasteiger partial charge in [-0.1, -0.05) is 24.3 Å². The second-order valence-electron chi connectivity index (χ2n) is 3.78. The lowest BCUT2D eigenvalue weighted by Gasteiger charge is -1.93. The standard InChI is InChI=1S/C15H6N4/c1-18-14(8-16)12-6-7-13(15(9-17)19-2)11-5-3-4-10(11)12/h4-7H,3H2/b14-12+,15-13+. The molecule has 4 nitrogen and oxygen atoms in total. The number of hydrogen-bond donors (Lipinski definition) is 0. The summed E-state index contributed by atoms with van der Waals surface area (Å²) in [5.74, 6) is 0. The summed E-state index contributed by atoms with van der Waals surface area (Å²) in [6.07, 6.45) is 4.47. The van der Waals surface area contributed by atoms with Gasteiger partial charge >= 0.3 is 0 Å². The van der Waals surface area contributed by atoms with E-state index in [1.54, 1.807) is 12.1 Å². The number of hydrogen-bond acceptors (Lipinski definition) is 2. The first kappa shape index (κ1) is 12.1. The van der Waals surface area contributed by atoms with E-state index in [0.717, 1.165) is 10.4 Å². The van der Waals surface area contributed by atoms with Crippen molar-refractivity contribution in [2.24, 2.45) is 0 Å². The van der Waals surface area contributed by atoms with E-state index in [0.29, 0.717) is 16.9 Å². The van der Waals surface area contributed by atoms with Crippen LogP contribution < -0.4 is 20.9 Å². The Morgan fingerprint density at radius 2 is 1.37 bits per heavy atom. The number of rotatable bonds is 0. The zero-order valence-electron chi connectivity index (χ0n) is 9.81. The summed E-state index contributed by atoms with van der Waals surface area (Å²) in [6, 6.07) is 7.00. The highest BCUT2D eigenvalue weighted by atomic mass is 14.7. The van der Waals surface area contributed by atoms with Gasteiger partial charge in [-0.05, 0) is 27.3 Å². The molecule has 1 aliphatic rings. The lowest BCUT2D eigenvalue weighted by atomic mass is 10.1. The second kappa shape index (κ2) is 4.89. The molecule has 0 fully saturated rings. The third kappa shape index (κ3) is 1.85. The Kier molecular flexibility index (Phi) is 3.12. The van der Waals surface area contributed by atoms with E-state index in [1.165, 1.54) is 0 Å². The summed E-state index contributed by atoms with van der Waals surface area (Å²) in [4.78, 5) is 6.42. The van der Waals surface area contributed by atoms with Crippen LogP contribution in [0.4, 0.5) is 0 Å². The normalized spacial score (nSPS) is 14.3. The fourth-order valence-corrected chi connectivity index (χ4v) is 2.07. The summed E-state index contributed by atoms with van der Waals surface area (Å²) in [7, 11) is 0. The van der Waals surface area contributed by atoms with Crippen LogP contribution in [-0.2, 0) is 0 Å². The van der Waals surface area contributed by atoms with Crippen molar-refractivity contribution in [1.29, 1.82) is 10.5 Å². The topological polar surface area (TPSA) is 56.3 Å². The van der Waals surface area contributed by atoms with E-state index in [1.807, 2.05) is 24.3 Å². The minimum Gasteiger partial charge on any atom is -0.226 e. The fourth-order valence-electron chi connectivity index (χ4n) is 2.07. The highest BCUT2D eigenvalue weighted by molar-refractivity contribution is 5.69. The molecule has 0 bridgehead atoms. The van der Waals surface area contributed by atoms with Crippen molar-refractivity contribution in [2.75, 3.05) is 0 Å². The van der Waals surface area contributed by atoms with Gasteiger partial charge in [0.25, 0.3) is 11.4 Å². The van der Waals surface area contributed by atoms with Crippen molar-refractivity contribution in [2.45, 2.75) is 6.42 Å². The van der Waals surface area contributed by atoms with Gasteiger partial charge in [-0.2, -0.15) is 0 Å². The van der Waals surface area contributed by atoms with Crippen LogP contribution in [0.25, 0.3) is 33.2 Å². The number of nitrogens with zero attached hydrogens (tertiary/aromatic N) is 4. The van der Waals surface area contributed by atoms with Gasteiger partial charge in [-0.15, -0.1) is 0 Å². The van der Waals surface area contributed by atoms with Crippen LogP contribution in [0.1, 0.15) is 6.42 Å². The summed E-state index contributed by atoms with van der Waals surface area (Å²) < 4.78 is 0. The molecule has 0 heterocycles. The smallest absolute Gasteiger partial charge is 0.226 e. The molecule has 0 saturated carbocycles. The van der Waals surface area contributed by atoms with E-state index in [2.05, 4.69) is 9.69 Å². The Hall–Kier alpha value is -3.34. The van der Waals surface area contributed by atoms with Crippen LogP contribution in [-0.4, -0.2) is 0 Å². The Morgan fingerprint density at radius 3 is 1.68 bits per heavy atom. The van der Waals surface area contributed by atoms with Gasteiger partial charge < -0.3 is 0 Å². The van der Waals surface area contributed by atoms with Gasteiger partial charge in [-0.25, -0.2) is 20.2 Å². The predicted molar refractivity (Wildman–Crippen MR) is 69.7 cm³/mol. The van der Waals surface area contributed by atoms with Gasteiger partial charge in [0.2, 0.25) is 0 Å². The van der Waals surface area contributed by atoms with Crippen LogP contribution in [0, 0.1) is 35.8 Å². The molecule has 1 aromatic carbocycles. The first-order chi connectivity index (χ1) is 9.26. The Morgan fingerprint density at radius 1 is 0.947 bits per heavy atom. The third-order valence-corrected chi connectivity index (χ3v) is 2.88. The SMILES string of the molecule is [C-]#[N+]/C(C#N)=c1\cc/c(=C(/C#N)[N+]#[C-])c2c1=CCC=2. The van der Waals surface area contributed by atoms with Gasteiger partial charge in [0, 0.05) is 0 Å². The Balaban J connectivity index is 3.16. The molecule has 0 aliphatic heterocycles. The van der Waals surface area contributed by atoms with Crippen LogP contribution >= 0.6 is 0 Å². The van der Waals surface area contributed by atoms with Crippen molar-refractivity contribution < 1.29 is 0 Å². The highest BCUT2D eigenvalue weighted by Crippen LogP contribution is 1.93. The minimum absolute atomic E-state index is 0.0238. The molecular weight excluding hydrogens is 236 g/mol. The van der Waals surface area contributed by atoms with Gasteiger partial charge in [0.15, 0.2) is 0 Å². The summed E-state index contributed by atoms with van der Waals surface area (Å²) in [5.41, 5.74) is 0.0475. The lowest BCUT2D eigenvalue weighted by Crippen LogP contribution is -2.47. The molecule has 0 saturated heterocycles. The first-order valence-electron chi connectivity index (χ1n) is 5.40. The summed E-state index contributed by atoms with van der Waals surface area (Å²) in [5, 5.41) is 20.6. The molecule has 0 spiro atoms. The van der Waals surface area contributed by atoms with Crippen LogP contribution in [0.15, 0.2) is 12.1 Å². The van der Waals surface area contributed by atoms with E-state index in [9.17, 15) is 0 Å². The quantitative estimate of drug-likeness (QED) is 0.589. The van der Waals surface area contributed by atoms with Crippen LogP contribution in [0.5, 0.6) is 0 Å². The highest BCUT2D eigenvalue weighted by Gasteiger charge is 2.05. The summed E-state index contributed by atoms with van der Waals surface area (Å²) in [6.45, 7) is 14.0. The van der Waals surface area contributed by atoms with Gasteiger partial charge in [-0.3, -0.25) is 0 Å². The average Bonchev–Trinajstić information content (AvgIpc) is 2.92. The fraction of sp³-hybridized carbons (Fsp3) is 0.0667. The van der Waals surface area contributed by atoms with E-state index in [-0.39, 0.29) is 11.4 Å². The maximum atomic E-state index is 8.95. The molecule has 4 heteroatoms. The molecule has 19 heavy (non-hydrogen) atoms. The summed E-state index contributed by atoms with van der Waals surface area (Å²) >= 11 is 0. The molecule has 0 atom stereocenters. The van der Waals surface area contributed by atoms with Crippen LogP contribution in [0.3, 0.4) is 0 Å². The molecule has 1 aromatic rings. The molecule has 0 unspecified atom stereocenters. The Bertz CT molecular complexity index is 855. The maximum absolute atomic E-state index is 8.95. The second-order valence-corrected chi connectivity index (χ2v) is 3.78. The Labute approximate surface area is 109 Å². The predicted octanol–water partition coefficient (Wildman–Crippen LogP) is -0.247. The van der Waals surface area contributed by atoms with E-state index in [4.69, 9.17) is 23.7 Å². The molecule has 0 N–H and O–H groups in total. The molecule has 2 rings (SSSR count). The molecule has 86 valence electrons. The number of fused-ring (bicyclic) bond motifs is 1. The van der Waals surface area contributed by atoms with E-state index < -0.39 is 0 Å². The van der Waals surface area contributed by atoms with Crippen molar-refractivity contribution in [3.63, 3.8) is 0 Å². The van der Waals surface area contributed by atoms with Crippen molar-refractivity contribution in [3.05, 3.63) is 55.8 Å². The molecular formula is C15H6N4. The lowest BCUT2D eigenvalue weighted by molar-refractivity contribution is 1.39. The molecule has 0 radical (unpaired) electrons. The molecule has 0 amide bonds. The van der Waals surface area contributed by atoms with Crippen molar-refractivity contribution in [3.8, 4) is 12.1 Å². The molecule has 0 aromatic heterocycles. The number of benzene rings is 1. The average molecular weight is 242 g/mol. The van der Waals surface area contributed by atoms with Crippen LogP contribution in [0.2, 0.25) is 0 Å². The van der Waals surface area contributed by atoms with E-state index >= 15 is 0 Å². The monoisotopic (exact) mass is 242 g/mol. The first-order valence-corrected chi connectivity index (χ1v) is 5.40. The van der Waals surface area contributed by atoms with Crippen molar-refractivity contribution >= 4 is 23.5 Å². The largest absolute Gasteiger partial charge is 0.269 e. The molecule has 1 aliphatic carbocycles.